The first-order valence-corrected chi connectivity index (χ1v) is 9.65. The molecule has 1 amide bonds. The normalized spacial score (nSPS) is 13.7. The number of ether oxygens (including phenoxy) is 1. The van der Waals surface area contributed by atoms with Crippen LogP contribution in [-0.4, -0.2) is 23.8 Å². The van der Waals surface area contributed by atoms with E-state index in [4.69, 9.17) is 4.74 Å². The van der Waals surface area contributed by atoms with Gasteiger partial charge in [0, 0.05) is 22.3 Å². The monoisotopic (exact) mass is 354 g/mol. The van der Waals surface area contributed by atoms with E-state index >= 15 is 0 Å². The Morgan fingerprint density at radius 2 is 1.83 bits per heavy atom. The quantitative estimate of drug-likeness (QED) is 0.716. The van der Waals surface area contributed by atoms with Crippen molar-refractivity contribution in [3.63, 3.8) is 0 Å². The van der Waals surface area contributed by atoms with Gasteiger partial charge in [0.25, 0.3) is 0 Å². The SMILES string of the molecule is CCC(CC)(CNC(C)c1cc(C)sc1C)NC(=O)OC(C)(C)C. The van der Waals surface area contributed by atoms with Crippen LogP contribution < -0.4 is 10.6 Å². The highest BCUT2D eigenvalue weighted by atomic mass is 32.1. The molecule has 0 radical (unpaired) electrons. The Morgan fingerprint density at radius 1 is 1.25 bits per heavy atom. The van der Waals surface area contributed by atoms with Crippen molar-refractivity contribution in [2.24, 2.45) is 0 Å². The maximum absolute atomic E-state index is 12.2. The summed E-state index contributed by atoms with van der Waals surface area (Å²) in [7, 11) is 0. The zero-order valence-electron chi connectivity index (χ0n) is 16.5. The maximum Gasteiger partial charge on any atom is 0.408 e. The van der Waals surface area contributed by atoms with Crippen LogP contribution in [0, 0.1) is 13.8 Å². The minimum absolute atomic E-state index is 0.257. The van der Waals surface area contributed by atoms with Gasteiger partial charge in [-0.2, -0.15) is 0 Å². The van der Waals surface area contributed by atoms with E-state index in [2.05, 4.69) is 51.3 Å². The first-order valence-electron chi connectivity index (χ1n) is 8.83. The molecule has 0 saturated carbocycles. The summed E-state index contributed by atoms with van der Waals surface area (Å²) in [6, 6.07) is 2.51. The summed E-state index contributed by atoms with van der Waals surface area (Å²) >= 11 is 1.83. The average Bonchev–Trinajstić information content (AvgIpc) is 2.80. The van der Waals surface area contributed by atoms with Crippen LogP contribution in [0.25, 0.3) is 0 Å². The minimum Gasteiger partial charge on any atom is -0.444 e. The van der Waals surface area contributed by atoms with Gasteiger partial charge in [0.1, 0.15) is 5.60 Å². The van der Waals surface area contributed by atoms with Crippen LogP contribution in [0.1, 0.15) is 75.7 Å². The van der Waals surface area contributed by atoms with Gasteiger partial charge >= 0.3 is 6.09 Å². The topological polar surface area (TPSA) is 50.4 Å². The second-order valence-electron chi connectivity index (χ2n) is 7.59. The molecule has 4 nitrogen and oxygen atoms in total. The summed E-state index contributed by atoms with van der Waals surface area (Å²) in [5, 5.41) is 6.69. The Balaban J connectivity index is 2.74. The summed E-state index contributed by atoms with van der Waals surface area (Å²) in [5.74, 6) is 0. The van der Waals surface area contributed by atoms with Crippen molar-refractivity contribution in [2.75, 3.05) is 6.54 Å². The van der Waals surface area contributed by atoms with Gasteiger partial charge in [-0.25, -0.2) is 4.79 Å². The van der Waals surface area contributed by atoms with Gasteiger partial charge in [-0.05, 0) is 66.0 Å². The standard InChI is InChI=1S/C19H34N2O2S/c1-9-19(10-2,21-17(22)23-18(6,7)8)12-20-14(4)16-11-13(3)24-15(16)5/h11,14,20H,9-10,12H2,1-8H3,(H,21,22). The van der Waals surface area contributed by atoms with Gasteiger partial charge in [-0.3, -0.25) is 0 Å². The first-order chi connectivity index (χ1) is 11.0. The molecule has 1 aromatic rings. The fourth-order valence-electron chi connectivity index (χ4n) is 2.78. The highest BCUT2D eigenvalue weighted by Gasteiger charge is 2.31. The van der Waals surface area contributed by atoms with Crippen molar-refractivity contribution in [1.82, 2.24) is 10.6 Å². The molecule has 0 aliphatic carbocycles. The van der Waals surface area contributed by atoms with Gasteiger partial charge < -0.3 is 15.4 Å². The maximum atomic E-state index is 12.2. The number of thiophene rings is 1. The van der Waals surface area contributed by atoms with Crippen LogP contribution >= 0.6 is 11.3 Å². The Bertz CT molecular complexity index is 542. The number of carbonyl (C=O) groups is 1. The molecule has 0 aromatic carbocycles. The zero-order valence-corrected chi connectivity index (χ0v) is 17.3. The largest absolute Gasteiger partial charge is 0.444 e. The lowest BCUT2D eigenvalue weighted by Crippen LogP contribution is -2.55. The number of nitrogens with one attached hydrogen (secondary N) is 2. The van der Waals surface area contributed by atoms with Gasteiger partial charge in [0.05, 0.1) is 5.54 Å². The molecule has 1 rings (SSSR count). The average molecular weight is 355 g/mol. The van der Waals surface area contributed by atoms with Crippen molar-refractivity contribution in [1.29, 1.82) is 0 Å². The van der Waals surface area contributed by atoms with Crippen LogP contribution in [-0.2, 0) is 4.74 Å². The fourth-order valence-corrected chi connectivity index (χ4v) is 3.80. The van der Waals surface area contributed by atoms with E-state index < -0.39 is 5.60 Å². The van der Waals surface area contributed by atoms with Crippen LogP contribution in [0.4, 0.5) is 4.79 Å². The number of alkyl carbamates (subject to hydrolysis) is 1. The summed E-state index contributed by atoms with van der Waals surface area (Å²) in [6.45, 7) is 17.1. The van der Waals surface area contributed by atoms with Crippen LogP contribution in [0.15, 0.2) is 6.07 Å². The molecule has 2 N–H and O–H groups in total. The van der Waals surface area contributed by atoms with Gasteiger partial charge in [-0.15, -0.1) is 11.3 Å². The molecule has 0 spiro atoms. The third-order valence-corrected chi connectivity index (χ3v) is 5.39. The van der Waals surface area contributed by atoms with Crippen molar-refractivity contribution < 1.29 is 9.53 Å². The zero-order chi connectivity index (χ0) is 18.5. The van der Waals surface area contributed by atoms with E-state index in [0.717, 1.165) is 19.4 Å². The molecule has 1 heterocycles. The van der Waals surface area contributed by atoms with E-state index in [9.17, 15) is 4.79 Å². The van der Waals surface area contributed by atoms with E-state index in [1.807, 2.05) is 32.1 Å². The minimum atomic E-state index is -0.483. The summed E-state index contributed by atoms with van der Waals surface area (Å²) in [6.07, 6.45) is 1.36. The highest BCUT2D eigenvalue weighted by Crippen LogP contribution is 2.27. The third kappa shape index (κ3) is 6.10. The summed E-state index contributed by atoms with van der Waals surface area (Å²) in [5.41, 5.74) is 0.565. The van der Waals surface area contributed by atoms with Crippen molar-refractivity contribution in [2.45, 2.75) is 85.4 Å². The van der Waals surface area contributed by atoms with Crippen molar-refractivity contribution >= 4 is 17.4 Å². The molecule has 138 valence electrons. The Hall–Kier alpha value is -1.07. The molecule has 0 aliphatic heterocycles. The van der Waals surface area contributed by atoms with Gasteiger partial charge in [-0.1, -0.05) is 13.8 Å². The molecular weight excluding hydrogens is 320 g/mol. The molecular formula is C19H34N2O2S. The predicted octanol–water partition coefficient (Wildman–Crippen LogP) is 5.10. The number of rotatable bonds is 7. The van der Waals surface area contributed by atoms with Crippen LogP contribution in [0.3, 0.4) is 0 Å². The third-order valence-electron chi connectivity index (χ3n) is 4.41. The Morgan fingerprint density at radius 3 is 2.25 bits per heavy atom. The molecule has 5 heteroatoms. The number of aryl methyl sites for hydroxylation is 2. The van der Waals surface area contributed by atoms with Gasteiger partial charge in [0.2, 0.25) is 0 Å². The smallest absolute Gasteiger partial charge is 0.408 e. The van der Waals surface area contributed by atoms with Crippen LogP contribution in [0.5, 0.6) is 0 Å². The highest BCUT2D eigenvalue weighted by molar-refractivity contribution is 7.12. The number of amides is 1. The molecule has 1 atom stereocenters. The van der Waals surface area contributed by atoms with E-state index in [1.54, 1.807) is 0 Å². The van der Waals surface area contributed by atoms with Crippen molar-refractivity contribution in [3.05, 3.63) is 21.4 Å². The fraction of sp³-hybridized carbons (Fsp3) is 0.737. The number of carbonyl (C=O) groups excluding carboxylic acids is 1. The second kappa shape index (κ2) is 8.34. The lowest BCUT2D eigenvalue weighted by Gasteiger charge is -2.35. The first kappa shape index (κ1) is 21.0. The summed E-state index contributed by atoms with van der Waals surface area (Å²) in [4.78, 5) is 14.9. The lowest BCUT2D eigenvalue weighted by molar-refractivity contribution is 0.0444. The van der Waals surface area contributed by atoms with Gasteiger partial charge in [0.15, 0.2) is 0 Å². The molecule has 1 aromatic heterocycles. The molecule has 0 aliphatic rings. The number of hydrogen-bond donors (Lipinski definition) is 2. The van der Waals surface area contributed by atoms with Crippen molar-refractivity contribution in [3.8, 4) is 0 Å². The Kier molecular flexibility index (Phi) is 7.29. The molecule has 0 bridgehead atoms. The summed E-state index contributed by atoms with van der Waals surface area (Å²) < 4.78 is 5.43. The predicted molar refractivity (Wildman–Crippen MR) is 103 cm³/mol. The number of hydrogen-bond acceptors (Lipinski definition) is 4. The van der Waals surface area contributed by atoms with E-state index in [-0.39, 0.29) is 17.7 Å². The van der Waals surface area contributed by atoms with E-state index in [1.165, 1.54) is 15.3 Å². The van der Waals surface area contributed by atoms with Crippen LogP contribution in [0.2, 0.25) is 0 Å². The molecule has 1 unspecified atom stereocenters. The Labute approximate surface area is 151 Å². The molecule has 0 saturated heterocycles. The second-order valence-corrected chi connectivity index (χ2v) is 9.05. The molecule has 0 fully saturated rings. The lowest BCUT2D eigenvalue weighted by atomic mass is 9.92. The van der Waals surface area contributed by atoms with E-state index in [0.29, 0.717) is 0 Å². The molecule has 24 heavy (non-hydrogen) atoms.